The van der Waals surface area contributed by atoms with Gasteiger partial charge in [-0.3, -0.25) is 14.4 Å². The van der Waals surface area contributed by atoms with Crippen LogP contribution in [0.25, 0.3) is 0 Å². The highest BCUT2D eigenvalue weighted by Crippen LogP contribution is 2.46. The SMILES string of the molecule is CCC(=O)Nc1ccc(NC(=O)C2(C(=O)O)CC2)cc1. The Labute approximate surface area is 116 Å². The van der Waals surface area contributed by atoms with Crippen LogP contribution in [0.1, 0.15) is 26.2 Å². The van der Waals surface area contributed by atoms with Crippen LogP contribution in [0, 0.1) is 5.41 Å². The van der Waals surface area contributed by atoms with Crippen molar-refractivity contribution < 1.29 is 19.5 Å². The van der Waals surface area contributed by atoms with Crippen LogP contribution in [0.2, 0.25) is 0 Å². The van der Waals surface area contributed by atoms with Crippen LogP contribution in [0.5, 0.6) is 0 Å². The summed E-state index contributed by atoms with van der Waals surface area (Å²) in [6.45, 7) is 1.75. The number of anilines is 2. The molecule has 0 radical (unpaired) electrons. The number of nitrogens with one attached hydrogen (secondary N) is 2. The van der Waals surface area contributed by atoms with Crippen LogP contribution >= 0.6 is 0 Å². The zero-order valence-electron chi connectivity index (χ0n) is 11.1. The first-order valence-corrected chi connectivity index (χ1v) is 6.43. The second-order valence-electron chi connectivity index (χ2n) is 4.82. The maximum absolute atomic E-state index is 11.9. The van der Waals surface area contributed by atoms with Crippen molar-refractivity contribution in [2.45, 2.75) is 26.2 Å². The fourth-order valence-corrected chi connectivity index (χ4v) is 1.80. The van der Waals surface area contributed by atoms with Crippen molar-refractivity contribution in [1.29, 1.82) is 0 Å². The van der Waals surface area contributed by atoms with Crippen LogP contribution < -0.4 is 10.6 Å². The molecule has 0 aromatic heterocycles. The van der Waals surface area contributed by atoms with E-state index in [0.29, 0.717) is 30.6 Å². The molecule has 20 heavy (non-hydrogen) atoms. The summed E-state index contributed by atoms with van der Waals surface area (Å²) in [5.74, 6) is -1.67. The molecule has 0 heterocycles. The number of rotatable bonds is 5. The quantitative estimate of drug-likeness (QED) is 0.715. The van der Waals surface area contributed by atoms with E-state index in [9.17, 15) is 14.4 Å². The van der Waals surface area contributed by atoms with Crippen LogP contribution in [0.3, 0.4) is 0 Å². The van der Waals surface area contributed by atoms with Gasteiger partial charge in [0.15, 0.2) is 0 Å². The minimum absolute atomic E-state index is 0.0930. The molecule has 6 heteroatoms. The van der Waals surface area contributed by atoms with E-state index in [1.54, 1.807) is 31.2 Å². The molecule has 0 unspecified atom stereocenters. The van der Waals surface area contributed by atoms with Crippen LogP contribution in [-0.2, 0) is 14.4 Å². The summed E-state index contributed by atoms with van der Waals surface area (Å²) in [6, 6.07) is 6.56. The van der Waals surface area contributed by atoms with Crippen LogP contribution in [0.4, 0.5) is 11.4 Å². The molecule has 6 nitrogen and oxygen atoms in total. The molecule has 0 bridgehead atoms. The summed E-state index contributed by atoms with van der Waals surface area (Å²) in [6.07, 6.45) is 1.14. The van der Waals surface area contributed by atoms with Gasteiger partial charge in [-0.25, -0.2) is 0 Å². The molecule has 1 aliphatic rings. The van der Waals surface area contributed by atoms with Gasteiger partial charge in [0.25, 0.3) is 0 Å². The normalized spacial score (nSPS) is 15.2. The lowest BCUT2D eigenvalue weighted by molar-refractivity contribution is -0.147. The second kappa shape index (κ2) is 5.32. The molecule has 3 N–H and O–H groups in total. The van der Waals surface area contributed by atoms with E-state index >= 15 is 0 Å². The Balaban J connectivity index is 1.99. The number of aliphatic carboxylic acids is 1. The molecule has 1 aliphatic carbocycles. The first-order valence-electron chi connectivity index (χ1n) is 6.43. The smallest absolute Gasteiger partial charge is 0.319 e. The highest BCUT2D eigenvalue weighted by Gasteiger charge is 2.57. The van der Waals surface area contributed by atoms with Crippen molar-refractivity contribution in [1.82, 2.24) is 0 Å². The zero-order chi connectivity index (χ0) is 14.8. The largest absolute Gasteiger partial charge is 0.480 e. The Kier molecular flexibility index (Phi) is 3.74. The van der Waals surface area contributed by atoms with E-state index in [-0.39, 0.29) is 5.91 Å². The number of hydrogen-bond acceptors (Lipinski definition) is 3. The van der Waals surface area contributed by atoms with E-state index in [1.807, 2.05) is 0 Å². The van der Waals surface area contributed by atoms with Gasteiger partial charge in [0, 0.05) is 17.8 Å². The summed E-state index contributed by atoms with van der Waals surface area (Å²) in [5.41, 5.74) is -0.110. The monoisotopic (exact) mass is 276 g/mol. The highest BCUT2D eigenvalue weighted by molar-refractivity contribution is 6.10. The van der Waals surface area contributed by atoms with Gasteiger partial charge in [-0.2, -0.15) is 0 Å². The van der Waals surface area contributed by atoms with Crippen molar-refractivity contribution in [3.05, 3.63) is 24.3 Å². The highest BCUT2D eigenvalue weighted by atomic mass is 16.4. The third kappa shape index (κ3) is 2.79. The second-order valence-corrected chi connectivity index (χ2v) is 4.82. The average Bonchev–Trinajstić information content (AvgIpc) is 3.22. The Hall–Kier alpha value is -2.37. The summed E-state index contributed by atoms with van der Waals surface area (Å²) in [5, 5.41) is 14.3. The van der Waals surface area contributed by atoms with E-state index in [4.69, 9.17) is 5.11 Å². The predicted molar refractivity (Wildman–Crippen MR) is 73.3 cm³/mol. The average molecular weight is 276 g/mol. The van der Waals surface area contributed by atoms with Gasteiger partial charge in [-0.1, -0.05) is 6.92 Å². The number of carboxylic acid groups (broad SMARTS) is 1. The molecule has 1 fully saturated rings. The summed E-state index contributed by atoms with van der Waals surface area (Å²) >= 11 is 0. The molecule has 106 valence electrons. The number of benzene rings is 1. The lowest BCUT2D eigenvalue weighted by Gasteiger charge is -2.11. The van der Waals surface area contributed by atoms with Gasteiger partial charge < -0.3 is 15.7 Å². The number of carbonyl (C=O) groups is 3. The van der Waals surface area contributed by atoms with Gasteiger partial charge in [0.1, 0.15) is 5.41 Å². The van der Waals surface area contributed by atoms with Crippen LogP contribution in [0.15, 0.2) is 24.3 Å². The zero-order valence-corrected chi connectivity index (χ0v) is 11.1. The molecule has 0 aliphatic heterocycles. The number of hydrogen-bond donors (Lipinski definition) is 3. The number of amides is 2. The molecule has 1 saturated carbocycles. The third-order valence-corrected chi connectivity index (χ3v) is 3.34. The molecule has 0 spiro atoms. The Morgan fingerprint density at radius 3 is 2.00 bits per heavy atom. The Morgan fingerprint density at radius 2 is 1.60 bits per heavy atom. The molecule has 1 aromatic rings. The van der Waals surface area contributed by atoms with Gasteiger partial charge in [-0.15, -0.1) is 0 Å². The predicted octanol–water partition coefficient (Wildman–Crippen LogP) is 1.84. The van der Waals surface area contributed by atoms with Crippen molar-refractivity contribution >= 4 is 29.2 Å². The number of carbonyl (C=O) groups excluding carboxylic acids is 2. The maximum Gasteiger partial charge on any atom is 0.319 e. The molecule has 2 amide bonds. The molecular weight excluding hydrogens is 260 g/mol. The Bertz CT molecular complexity index is 547. The first kappa shape index (κ1) is 14.0. The number of carboxylic acids is 1. The third-order valence-electron chi connectivity index (χ3n) is 3.34. The van der Waals surface area contributed by atoms with E-state index in [2.05, 4.69) is 10.6 Å². The fraction of sp³-hybridized carbons (Fsp3) is 0.357. The maximum atomic E-state index is 11.9. The summed E-state index contributed by atoms with van der Waals surface area (Å²) in [7, 11) is 0. The van der Waals surface area contributed by atoms with Gasteiger partial charge in [0.05, 0.1) is 0 Å². The molecule has 0 atom stereocenters. The minimum atomic E-state index is -1.25. The lowest BCUT2D eigenvalue weighted by atomic mass is 10.1. The van der Waals surface area contributed by atoms with Crippen LogP contribution in [-0.4, -0.2) is 22.9 Å². The van der Waals surface area contributed by atoms with Crippen molar-refractivity contribution in [3.63, 3.8) is 0 Å². The molecule has 2 rings (SSSR count). The standard InChI is InChI=1S/C14H16N2O4/c1-2-11(17)15-9-3-5-10(6-4-9)16-12(18)14(7-8-14)13(19)20/h3-6H,2,7-8H2,1H3,(H,15,17)(H,16,18)(H,19,20). The summed E-state index contributed by atoms with van der Waals surface area (Å²) in [4.78, 5) is 34.1. The van der Waals surface area contributed by atoms with Gasteiger partial charge >= 0.3 is 5.97 Å². The molecule has 1 aromatic carbocycles. The van der Waals surface area contributed by atoms with E-state index in [1.165, 1.54) is 0 Å². The van der Waals surface area contributed by atoms with Crippen molar-refractivity contribution in [2.75, 3.05) is 10.6 Å². The van der Waals surface area contributed by atoms with E-state index in [0.717, 1.165) is 0 Å². The lowest BCUT2D eigenvalue weighted by Crippen LogP contribution is -2.31. The van der Waals surface area contributed by atoms with Crippen molar-refractivity contribution in [3.8, 4) is 0 Å². The Morgan fingerprint density at radius 1 is 1.10 bits per heavy atom. The first-order chi connectivity index (χ1) is 9.48. The van der Waals surface area contributed by atoms with Gasteiger partial charge in [-0.05, 0) is 37.1 Å². The van der Waals surface area contributed by atoms with Crippen molar-refractivity contribution in [2.24, 2.45) is 5.41 Å². The topological polar surface area (TPSA) is 95.5 Å². The molecular formula is C14H16N2O4. The van der Waals surface area contributed by atoms with Gasteiger partial charge in [0.2, 0.25) is 11.8 Å². The van der Waals surface area contributed by atoms with E-state index < -0.39 is 17.3 Å². The minimum Gasteiger partial charge on any atom is -0.480 e. The molecule has 0 saturated heterocycles. The summed E-state index contributed by atoms with van der Waals surface area (Å²) < 4.78 is 0. The fourth-order valence-electron chi connectivity index (χ4n) is 1.80.